The molecule has 8 atom stereocenters. The Morgan fingerprint density at radius 2 is 0.947 bits per heavy atom. The van der Waals surface area contributed by atoms with E-state index in [9.17, 15) is 78.0 Å². The fraction of sp³-hybridized carbons (Fsp3) is 0.522. The summed E-state index contributed by atoms with van der Waals surface area (Å²) in [6, 6.07) is -4.66. The van der Waals surface area contributed by atoms with E-state index >= 15 is 0 Å². The number of hydrogen-bond acceptors (Lipinski definition) is 18. The minimum atomic E-state index is -1.94. The van der Waals surface area contributed by atoms with E-state index in [4.69, 9.17) is 11.5 Å². The second kappa shape index (κ2) is 33.5. The van der Waals surface area contributed by atoms with Gasteiger partial charge in [0.25, 0.3) is 11.8 Å². The fourth-order valence-corrected chi connectivity index (χ4v) is 9.52. The molecular formula is C46H64N12O16S2. The number of nitrogens with one attached hydrogen (secondary N) is 8. The zero-order chi connectivity index (χ0) is 56.2. The maximum atomic E-state index is 14.1. The van der Waals surface area contributed by atoms with E-state index < -0.39 is 132 Å². The van der Waals surface area contributed by atoms with Crippen molar-refractivity contribution in [2.24, 2.45) is 11.5 Å². The number of carbonyl (C=O) groups is 12. The van der Waals surface area contributed by atoms with Crippen molar-refractivity contribution in [1.29, 1.82) is 0 Å². The molecule has 2 aromatic rings. The third-order valence-electron chi connectivity index (χ3n) is 11.2. The first-order valence-corrected chi connectivity index (χ1v) is 26.5. The van der Waals surface area contributed by atoms with Gasteiger partial charge in [-0.1, -0.05) is 46.6 Å². The fourth-order valence-electron chi connectivity index (χ4n) is 7.19. The van der Waals surface area contributed by atoms with Gasteiger partial charge in [0.15, 0.2) is 0 Å². The molecule has 0 unspecified atom stereocenters. The van der Waals surface area contributed by atoms with Crippen LogP contribution in [0, 0.1) is 0 Å². The van der Waals surface area contributed by atoms with Gasteiger partial charge in [-0.05, 0) is 88.7 Å². The first kappa shape index (κ1) is 62.9. The van der Waals surface area contributed by atoms with Crippen molar-refractivity contribution in [3.05, 3.63) is 60.2 Å². The summed E-state index contributed by atoms with van der Waals surface area (Å²) in [5.74, 6) is -15.4. The van der Waals surface area contributed by atoms with Gasteiger partial charge in [-0.3, -0.25) is 57.9 Å². The molecule has 0 spiro atoms. The van der Waals surface area contributed by atoms with Crippen LogP contribution in [0.4, 0.5) is 0 Å². The van der Waals surface area contributed by atoms with Crippen molar-refractivity contribution >= 4 is 92.7 Å². The normalized spacial score (nSPS) is 21.1. The SMILES string of the molecule is NCCCC[C@H](NC(=O)[C@@H]1CCCC[C@@H](C(=O)N[C@@H](CCCCN)C(=O)O)NC(=O)[C@H](CC(=O)O)NC(=O)[C@@H](NC(=O)c2ccccn2)CSSC[C@H](NC(=O)c2ccccn2)C(=O)N[C@@H](CC(=O)O)C(=O)N1)C(=O)O. The first-order valence-electron chi connectivity index (χ1n) is 24.0. The Bertz CT molecular complexity index is 2180. The number of aromatic nitrogens is 2. The van der Waals surface area contributed by atoms with Crippen LogP contribution in [0.2, 0.25) is 0 Å². The van der Waals surface area contributed by atoms with Gasteiger partial charge in [0.05, 0.1) is 12.8 Å². The zero-order valence-corrected chi connectivity index (χ0v) is 42.7. The Morgan fingerprint density at radius 3 is 1.26 bits per heavy atom. The quantitative estimate of drug-likeness (QED) is 0.0432. The molecule has 0 aromatic carbocycles. The molecule has 30 heteroatoms. The van der Waals surface area contributed by atoms with Crippen LogP contribution in [0.1, 0.15) is 98.0 Å². The topological polar surface area (TPSA) is 460 Å². The molecule has 1 saturated heterocycles. The number of hydrogen-bond donors (Lipinski definition) is 14. The number of nitrogens with two attached hydrogens (primary N) is 2. The first-order chi connectivity index (χ1) is 36.2. The molecule has 0 bridgehead atoms. The summed E-state index contributed by atoms with van der Waals surface area (Å²) in [6.45, 7) is 0.432. The Hall–Kier alpha value is -7.44. The van der Waals surface area contributed by atoms with Gasteiger partial charge in [0.1, 0.15) is 59.7 Å². The molecule has 28 nitrogen and oxygen atoms in total. The number of rotatable bonds is 22. The lowest BCUT2D eigenvalue weighted by Crippen LogP contribution is -2.59. The summed E-state index contributed by atoms with van der Waals surface area (Å²) in [5, 5.41) is 58.6. The van der Waals surface area contributed by atoms with Crippen LogP contribution in [0.3, 0.4) is 0 Å². The molecule has 8 amide bonds. The highest BCUT2D eigenvalue weighted by atomic mass is 33.1. The van der Waals surface area contributed by atoms with Gasteiger partial charge in [-0.25, -0.2) is 9.59 Å². The van der Waals surface area contributed by atoms with Crippen LogP contribution in [0.5, 0.6) is 0 Å². The monoisotopic (exact) mass is 1100 g/mol. The molecule has 16 N–H and O–H groups in total. The lowest BCUT2D eigenvalue weighted by molar-refractivity contribution is -0.143. The molecule has 2 aromatic heterocycles. The minimum Gasteiger partial charge on any atom is -0.481 e. The molecule has 0 radical (unpaired) electrons. The second-order valence-corrected chi connectivity index (χ2v) is 19.7. The number of carboxylic acids is 4. The largest absolute Gasteiger partial charge is 0.481 e. The maximum absolute atomic E-state index is 14.1. The lowest BCUT2D eigenvalue weighted by Gasteiger charge is -2.27. The Kier molecular flexibility index (Phi) is 27.7. The average molecular weight is 1110 g/mol. The number of carbonyl (C=O) groups excluding carboxylic acids is 8. The van der Waals surface area contributed by atoms with Crippen molar-refractivity contribution in [3.8, 4) is 0 Å². The summed E-state index contributed by atoms with van der Waals surface area (Å²) in [4.78, 5) is 167. The van der Waals surface area contributed by atoms with Gasteiger partial charge < -0.3 is 74.4 Å². The zero-order valence-electron chi connectivity index (χ0n) is 41.1. The molecule has 3 heterocycles. The predicted octanol–water partition coefficient (Wildman–Crippen LogP) is -2.39. The predicted molar refractivity (Wildman–Crippen MR) is 272 cm³/mol. The molecule has 1 fully saturated rings. The molecule has 1 aliphatic rings. The number of aliphatic carboxylic acids is 4. The second-order valence-electron chi connectivity index (χ2n) is 17.1. The third kappa shape index (κ3) is 22.6. The minimum absolute atomic E-state index is 0.0810. The van der Waals surface area contributed by atoms with Gasteiger partial charge in [0.2, 0.25) is 35.4 Å². The summed E-state index contributed by atoms with van der Waals surface area (Å²) >= 11 is 0. The van der Waals surface area contributed by atoms with E-state index in [1.165, 1.54) is 48.8 Å². The van der Waals surface area contributed by atoms with E-state index in [1.54, 1.807) is 0 Å². The van der Waals surface area contributed by atoms with Crippen LogP contribution in [0.15, 0.2) is 48.8 Å². The van der Waals surface area contributed by atoms with Gasteiger partial charge in [-0.2, -0.15) is 0 Å². The van der Waals surface area contributed by atoms with Gasteiger partial charge in [-0.15, -0.1) is 0 Å². The molecule has 416 valence electrons. The highest BCUT2D eigenvalue weighted by Crippen LogP contribution is 2.24. The Balaban J connectivity index is 2.15. The molecule has 0 aliphatic carbocycles. The van der Waals surface area contributed by atoms with Crippen molar-refractivity contribution < 1.29 is 78.0 Å². The highest BCUT2D eigenvalue weighted by Gasteiger charge is 2.36. The van der Waals surface area contributed by atoms with E-state index in [0.29, 0.717) is 12.8 Å². The summed E-state index contributed by atoms with van der Waals surface area (Å²) in [6.07, 6.45) is 0.646. The number of unbranched alkanes of at least 4 members (excludes halogenated alkanes) is 2. The van der Waals surface area contributed by atoms with E-state index in [-0.39, 0.29) is 87.3 Å². The lowest BCUT2D eigenvalue weighted by atomic mass is 10.0. The molecular weight excluding hydrogens is 1040 g/mol. The molecule has 3 rings (SSSR count). The van der Waals surface area contributed by atoms with E-state index in [2.05, 4.69) is 52.5 Å². The number of carboxylic acid groups (broad SMARTS) is 4. The number of amides is 8. The highest BCUT2D eigenvalue weighted by molar-refractivity contribution is 8.76. The third-order valence-corrected chi connectivity index (χ3v) is 13.7. The number of pyridine rings is 2. The van der Waals surface area contributed by atoms with Crippen molar-refractivity contribution in [2.45, 2.75) is 125 Å². The van der Waals surface area contributed by atoms with Crippen LogP contribution in [-0.2, 0) is 47.9 Å². The van der Waals surface area contributed by atoms with Crippen LogP contribution < -0.4 is 54.0 Å². The number of nitrogens with zero attached hydrogens (tertiary/aromatic N) is 2. The van der Waals surface area contributed by atoms with Crippen LogP contribution >= 0.6 is 21.6 Å². The standard InChI is InChI=1S/C46H64N12O16S2/c47-17-7-3-15-29(45(71)72)53-39(65)27-13-1-2-14-28(40(66)54-30(46(73)74)16-4-8-18-48)52-42(68)32(22-36(61)62)56-44(70)34(58-38(64)26-12-6-10-20-50-26)24-76-75-23-33(57-37(63)25-11-5-9-19-49-25)43(69)55-31(21-35(59)60)41(67)51-27/h5-6,9-12,19-20,27-34H,1-4,7-8,13-18,21-24,47-48H2,(H,51,67)(H,52,68)(H,53,65)(H,54,66)(H,55,69)(H,56,70)(H,57,63)(H,58,64)(H,59,60)(H,61,62)(H,71,72)(H,73,74)/t27-,28-,29-,30-,31-,32-,33-,34-/m0/s1. The van der Waals surface area contributed by atoms with E-state index in [0.717, 1.165) is 21.6 Å². The maximum Gasteiger partial charge on any atom is 0.326 e. The van der Waals surface area contributed by atoms with Gasteiger partial charge in [0, 0.05) is 23.9 Å². The molecule has 1 aliphatic heterocycles. The molecule has 0 saturated carbocycles. The van der Waals surface area contributed by atoms with E-state index in [1.807, 2.05) is 0 Å². The van der Waals surface area contributed by atoms with Crippen LogP contribution in [-0.4, -0.2) is 174 Å². The van der Waals surface area contributed by atoms with Crippen molar-refractivity contribution in [3.63, 3.8) is 0 Å². The smallest absolute Gasteiger partial charge is 0.326 e. The van der Waals surface area contributed by atoms with Crippen molar-refractivity contribution in [2.75, 3.05) is 24.6 Å². The summed E-state index contributed by atoms with van der Waals surface area (Å²) in [7, 11) is 1.66. The van der Waals surface area contributed by atoms with Crippen LogP contribution in [0.25, 0.3) is 0 Å². The van der Waals surface area contributed by atoms with Crippen molar-refractivity contribution in [1.82, 2.24) is 52.5 Å². The summed E-state index contributed by atoms with van der Waals surface area (Å²) < 4.78 is 0. The molecule has 76 heavy (non-hydrogen) atoms. The Morgan fingerprint density at radius 1 is 0.566 bits per heavy atom. The van der Waals surface area contributed by atoms with Gasteiger partial charge >= 0.3 is 23.9 Å². The average Bonchev–Trinajstić information content (AvgIpc) is 3.38. The Labute approximate surface area is 443 Å². The summed E-state index contributed by atoms with van der Waals surface area (Å²) in [5.41, 5.74) is 10.8.